The highest BCUT2D eigenvalue weighted by molar-refractivity contribution is 4.98. The molecule has 112 valence electrons. The summed E-state index contributed by atoms with van der Waals surface area (Å²) in [5, 5.41) is 3.83. The molecule has 2 fully saturated rings. The zero-order chi connectivity index (χ0) is 13.8. The Labute approximate surface area is 123 Å². The van der Waals surface area contributed by atoms with Crippen LogP contribution in [0.2, 0.25) is 0 Å². The van der Waals surface area contributed by atoms with Crippen molar-refractivity contribution in [2.45, 2.75) is 83.2 Å². The van der Waals surface area contributed by atoms with Gasteiger partial charge in [0.15, 0.2) is 0 Å². The standard InChI is InChI=1S/C17H29N3/c1-14(11-16-12-18-13-19-16)20-15-5-9-17(10-6-15)7-3-2-4-8-17/h12-15,20H,2-11H2,1H3,(H,18,19)/t14-/m1/s1. The van der Waals surface area contributed by atoms with Gasteiger partial charge in [-0.05, 0) is 50.9 Å². The van der Waals surface area contributed by atoms with Crippen molar-refractivity contribution >= 4 is 0 Å². The van der Waals surface area contributed by atoms with Gasteiger partial charge in [0.25, 0.3) is 0 Å². The topological polar surface area (TPSA) is 40.7 Å². The molecule has 2 aliphatic rings. The number of nitrogens with one attached hydrogen (secondary N) is 2. The van der Waals surface area contributed by atoms with Crippen LogP contribution in [0.25, 0.3) is 0 Å². The van der Waals surface area contributed by atoms with Crippen molar-refractivity contribution in [3.63, 3.8) is 0 Å². The molecule has 20 heavy (non-hydrogen) atoms. The molecule has 0 aromatic carbocycles. The Bertz CT molecular complexity index is 382. The van der Waals surface area contributed by atoms with E-state index in [1.807, 2.05) is 6.20 Å². The predicted molar refractivity (Wildman–Crippen MR) is 82.7 cm³/mol. The molecule has 2 aliphatic carbocycles. The fourth-order valence-corrected chi connectivity index (χ4v) is 4.39. The van der Waals surface area contributed by atoms with Crippen LogP contribution in [0, 0.1) is 5.41 Å². The highest BCUT2D eigenvalue weighted by atomic mass is 15.0. The fraction of sp³-hybridized carbons (Fsp3) is 0.824. The van der Waals surface area contributed by atoms with Crippen molar-refractivity contribution in [3.05, 3.63) is 18.2 Å². The summed E-state index contributed by atoms with van der Waals surface area (Å²) in [7, 11) is 0. The lowest BCUT2D eigenvalue weighted by Crippen LogP contribution is -2.43. The van der Waals surface area contributed by atoms with Crippen LogP contribution in [0.3, 0.4) is 0 Å². The minimum absolute atomic E-state index is 0.542. The second-order valence-electron chi connectivity index (χ2n) is 7.18. The molecule has 0 aliphatic heterocycles. The number of aromatic amines is 1. The summed E-state index contributed by atoms with van der Waals surface area (Å²) in [6.07, 6.45) is 17.9. The van der Waals surface area contributed by atoms with Crippen molar-refractivity contribution < 1.29 is 0 Å². The summed E-state index contributed by atoms with van der Waals surface area (Å²) in [6.45, 7) is 2.30. The smallest absolute Gasteiger partial charge is 0.0921 e. The predicted octanol–water partition coefficient (Wildman–Crippen LogP) is 3.82. The molecule has 1 heterocycles. The molecule has 0 radical (unpaired) electrons. The number of hydrogen-bond donors (Lipinski definition) is 2. The lowest BCUT2D eigenvalue weighted by Gasteiger charge is -2.43. The maximum absolute atomic E-state index is 4.10. The van der Waals surface area contributed by atoms with E-state index in [1.165, 1.54) is 63.5 Å². The molecule has 0 amide bonds. The molecule has 3 nitrogen and oxygen atoms in total. The molecule has 1 aromatic rings. The van der Waals surface area contributed by atoms with Crippen LogP contribution >= 0.6 is 0 Å². The van der Waals surface area contributed by atoms with Crippen LogP contribution < -0.4 is 5.32 Å². The summed E-state index contributed by atoms with van der Waals surface area (Å²) >= 11 is 0. The minimum atomic E-state index is 0.542. The summed E-state index contributed by atoms with van der Waals surface area (Å²) < 4.78 is 0. The number of imidazole rings is 1. The van der Waals surface area contributed by atoms with Crippen molar-refractivity contribution in [3.8, 4) is 0 Å². The Morgan fingerprint density at radius 3 is 2.65 bits per heavy atom. The van der Waals surface area contributed by atoms with E-state index >= 15 is 0 Å². The Morgan fingerprint density at radius 1 is 1.25 bits per heavy atom. The van der Waals surface area contributed by atoms with Crippen LogP contribution in [-0.2, 0) is 6.42 Å². The number of H-pyrrole nitrogens is 1. The fourth-order valence-electron chi connectivity index (χ4n) is 4.39. The van der Waals surface area contributed by atoms with Crippen LogP contribution in [0.15, 0.2) is 12.5 Å². The van der Waals surface area contributed by atoms with Gasteiger partial charge in [-0.2, -0.15) is 0 Å². The molecular formula is C17H29N3. The lowest BCUT2D eigenvalue weighted by atomic mass is 9.64. The molecule has 0 unspecified atom stereocenters. The molecule has 2 saturated carbocycles. The molecule has 1 spiro atoms. The second-order valence-corrected chi connectivity index (χ2v) is 7.18. The van der Waals surface area contributed by atoms with Gasteiger partial charge in [0.1, 0.15) is 0 Å². The van der Waals surface area contributed by atoms with Gasteiger partial charge in [-0.15, -0.1) is 0 Å². The SMILES string of the molecule is C[C@H](Cc1cnc[nH]1)NC1CCC2(CCCCC2)CC1. The van der Waals surface area contributed by atoms with E-state index < -0.39 is 0 Å². The normalized spacial score (nSPS) is 24.9. The molecule has 2 N–H and O–H groups in total. The van der Waals surface area contributed by atoms with Gasteiger partial charge in [0.05, 0.1) is 6.33 Å². The zero-order valence-corrected chi connectivity index (χ0v) is 12.8. The molecular weight excluding hydrogens is 246 g/mol. The van der Waals surface area contributed by atoms with Gasteiger partial charge < -0.3 is 10.3 Å². The van der Waals surface area contributed by atoms with E-state index in [0.717, 1.165) is 17.9 Å². The zero-order valence-electron chi connectivity index (χ0n) is 12.8. The quantitative estimate of drug-likeness (QED) is 0.877. The first kappa shape index (κ1) is 14.1. The van der Waals surface area contributed by atoms with Crippen LogP contribution in [0.5, 0.6) is 0 Å². The molecule has 1 atom stereocenters. The van der Waals surface area contributed by atoms with E-state index in [1.54, 1.807) is 6.33 Å². The maximum Gasteiger partial charge on any atom is 0.0921 e. The first-order valence-corrected chi connectivity index (χ1v) is 8.49. The number of aromatic nitrogens is 2. The molecule has 0 bridgehead atoms. The van der Waals surface area contributed by atoms with Crippen molar-refractivity contribution in [2.24, 2.45) is 5.41 Å². The average Bonchev–Trinajstić information content (AvgIpc) is 2.95. The van der Waals surface area contributed by atoms with Gasteiger partial charge in [-0.1, -0.05) is 19.3 Å². The Morgan fingerprint density at radius 2 is 2.00 bits per heavy atom. The first-order chi connectivity index (χ1) is 9.76. The lowest BCUT2D eigenvalue weighted by molar-refractivity contribution is 0.104. The van der Waals surface area contributed by atoms with E-state index in [-0.39, 0.29) is 0 Å². The number of rotatable bonds is 4. The van der Waals surface area contributed by atoms with Crippen molar-refractivity contribution in [1.29, 1.82) is 0 Å². The third kappa shape index (κ3) is 3.43. The van der Waals surface area contributed by atoms with Crippen molar-refractivity contribution in [2.75, 3.05) is 0 Å². The summed E-state index contributed by atoms with van der Waals surface area (Å²) in [6, 6.07) is 1.28. The van der Waals surface area contributed by atoms with E-state index in [9.17, 15) is 0 Å². The largest absolute Gasteiger partial charge is 0.348 e. The van der Waals surface area contributed by atoms with Gasteiger partial charge in [-0.3, -0.25) is 0 Å². The van der Waals surface area contributed by atoms with Crippen molar-refractivity contribution in [1.82, 2.24) is 15.3 Å². The Balaban J connectivity index is 1.44. The van der Waals surface area contributed by atoms with Gasteiger partial charge in [0, 0.05) is 30.4 Å². The summed E-state index contributed by atoms with van der Waals surface area (Å²) in [4.78, 5) is 7.30. The second kappa shape index (κ2) is 6.30. The van der Waals surface area contributed by atoms with Crippen LogP contribution in [0.1, 0.15) is 70.4 Å². The number of hydrogen-bond acceptors (Lipinski definition) is 2. The van der Waals surface area contributed by atoms with E-state index in [2.05, 4.69) is 22.2 Å². The average molecular weight is 275 g/mol. The van der Waals surface area contributed by atoms with Crippen LogP contribution in [0.4, 0.5) is 0 Å². The summed E-state index contributed by atoms with van der Waals surface area (Å²) in [5.74, 6) is 0. The highest BCUT2D eigenvalue weighted by Gasteiger charge is 2.36. The maximum atomic E-state index is 4.10. The third-order valence-electron chi connectivity index (χ3n) is 5.56. The molecule has 0 saturated heterocycles. The monoisotopic (exact) mass is 275 g/mol. The molecule has 3 rings (SSSR count). The van der Waals surface area contributed by atoms with Gasteiger partial charge in [0.2, 0.25) is 0 Å². The molecule has 3 heteroatoms. The number of nitrogens with zero attached hydrogens (tertiary/aromatic N) is 1. The Hall–Kier alpha value is -0.830. The van der Waals surface area contributed by atoms with Gasteiger partial charge >= 0.3 is 0 Å². The third-order valence-corrected chi connectivity index (χ3v) is 5.56. The molecule has 1 aromatic heterocycles. The van der Waals surface area contributed by atoms with E-state index in [0.29, 0.717) is 6.04 Å². The van der Waals surface area contributed by atoms with Crippen LogP contribution in [-0.4, -0.2) is 22.1 Å². The Kier molecular flexibility index (Phi) is 4.45. The van der Waals surface area contributed by atoms with Gasteiger partial charge in [-0.25, -0.2) is 4.98 Å². The summed E-state index contributed by atoms with van der Waals surface area (Å²) in [5.41, 5.74) is 1.98. The minimum Gasteiger partial charge on any atom is -0.348 e. The first-order valence-electron chi connectivity index (χ1n) is 8.49. The highest BCUT2D eigenvalue weighted by Crippen LogP contribution is 2.47. The van der Waals surface area contributed by atoms with E-state index in [4.69, 9.17) is 0 Å².